The van der Waals surface area contributed by atoms with E-state index in [0.29, 0.717) is 0 Å². The maximum absolute atomic E-state index is 2.42. The molecule has 0 aliphatic carbocycles. The van der Waals surface area contributed by atoms with E-state index in [1.54, 1.807) is 4.35 Å². The quantitative estimate of drug-likeness (QED) is 0.698. The van der Waals surface area contributed by atoms with Gasteiger partial charge in [0.25, 0.3) is 0 Å². The van der Waals surface area contributed by atoms with Crippen molar-refractivity contribution in [2.24, 2.45) is 0 Å². The van der Waals surface area contributed by atoms with Crippen molar-refractivity contribution in [2.75, 3.05) is 0 Å². The normalized spacial score (nSPS) is 14.1. The van der Waals surface area contributed by atoms with E-state index in [1.165, 1.54) is 14.3 Å². The fourth-order valence-corrected chi connectivity index (χ4v) is 6.05. The fraction of sp³-hybridized carbons (Fsp3) is 0. The van der Waals surface area contributed by atoms with Crippen molar-refractivity contribution >= 4 is 55.0 Å². The van der Waals surface area contributed by atoms with E-state index in [9.17, 15) is 0 Å². The number of fused-ring (bicyclic) bond motifs is 1. The number of benzene rings is 2. The molecule has 0 bridgehead atoms. The van der Waals surface area contributed by atoms with Gasteiger partial charge in [-0.1, -0.05) is 0 Å². The Kier molecular flexibility index (Phi) is 3.45. The topological polar surface area (TPSA) is 0 Å². The molecule has 0 unspecified atom stereocenters. The zero-order valence-corrected chi connectivity index (χ0v) is 13.0. The molecule has 1 aliphatic rings. The summed E-state index contributed by atoms with van der Waals surface area (Å²) in [5.74, 6) is 0. The summed E-state index contributed by atoms with van der Waals surface area (Å²) in [5, 5.41) is 0. The second-order valence-corrected chi connectivity index (χ2v) is 8.64. The van der Waals surface area contributed by atoms with Crippen molar-refractivity contribution < 1.29 is 0 Å². The third kappa shape index (κ3) is 2.71. The first-order valence-corrected chi connectivity index (χ1v) is 9.43. The maximum atomic E-state index is 2.42. The molecule has 17 heavy (non-hydrogen) atoms. The van der Waals surface area contributed by atoms with Gasteiger partial charge in [-0.25, -0.2) is 0 Å². The number of hydrogen-bond acceptors (Lipinski definition) is 0. The molecule has 2 aromatic rings. The van der Waals surface area contributed by atoms with E-state index < -0.39 is 0 Å². The summed E-state index contributed by atoms with van der Waals surface area (Å²) in [4.78, 5) is 2.32. The van der Waals surface area contributed by atoms with Gasteiger partial charge in [-0.3, -0.25) is 0 Å². The van der Waals surface area contributed by atoms with Crippen LogP contribution < -0.4 is 13.1 Å². The average molecular weight is 341 g/mol. The zero-order chi connectivity index (χ0) is 11.5. The molecular weight excluding hydrogens is 330 g/mol. The Balaban J connectivity index is 1.90. The monoisotopic (exact) mass is 341 g/mol. The molecule has 1 aliphatic heterocycles. The van der Waals surface area contributed by atoms with Gasteiger partial charge < -0.3 is 0 Å². The van der Waals surface area contributed by atoms with Crippen LogP contribution in [0.25, 0.3) is 6.08 Å². The Labute approximate surface area is 115 Å². The van der Waals surface area contributed by atoms with E-state index >= 15 is 0 Å². The first-order chi connectivity index (χ1) is 8.42. The van der Waals surface area contributed by atoms with Gasteiger partial charge in [0.05, 0.1) is 0 Å². The van der Waals surface area contributed by atoms with Crippen molar-refractivity contribution in [3.8, 4) is 0 Å². The van der Waals surface area contributed by atoms with Crippen LogP contribution in [0.5, 0.6) is 0 Å². The van der Waals surface area contributed by atoms with Crippen LogP contribution >= 0.6 is 0 Å². The molecule has 0 saturated heterocycles. The van der Waals surface area contributed by atoms with Gasteiger partial charge in [-0.2, -0.15) is 0 Å². The van der Waals surface area contributed by atoms with Crippen LogP contribution in [0.4, 0.5) is 0 Å². The third-order valence-electron chi connectivity index (χ3n) is 2.60. The first-order valence-electron chi connectivity index (χ1n) is 5.53. The van der Waals surface area contributed by atoms with Gasteiger partial charge in [0.1, 0.15) is 0 Å². The summed E-state index contributed by atoms with van der Waals surface area (Å²) in [6.45, 7) is 0. The van der Waals surface area contributed by atoms with E-state index in [0.717, 1.165) is 0 Å². The van der Waals surface area contributed by atoms with Crippen molar-refractivity contribution in [3.63, 3.8) is 0 Å². The van der Waals surface area contributed by atoms with Gasteiger partial charge in [0.15, 0.2) is 0 Å². The van der Waals surface area contributed by atoms with Crippen LogP contribution in [-0.4, -0.2) is 35.9 Å². The predicted molar refractivity (Wildman–Crippen MR) is 78.4 cm³/mol. The molecule has 1 heterocycles. The summed E-state index contributed by atoms with van der Waals surface area (Å²) in [6.07, 6.45) is 4.41. The summed E-state index contributed by atoms with van der Waals surface area (Å²) >= 11 is 0.393. The van der Waals surface area contributed by atoms with Gasteiger partial charge in [-0.05, 0) is 0 Å². The Morgan fingerprint density at radius 2 is 1.76 bits per heavy atom. The molecule has 0 amide bonds. The predicted octanol–water partition coefficient (Wildman–Crippen LogP) is 0.500. The number of allylic oxidation sites excluding steroid dienone is 1. The second kappa shape index (κ2) is 5.21. The molecule has 1 radical (unpaired) electrons. The number of hydrogen-bond donors (Lipinski definition) is 0. The van der Waals surface area contributed by atoms with Crippen molar-refractivity contribution in [1.29, 1.82) is 0 Å². The van der Waals surface area contributed by atoms with Crippen LogP contribution in [-0.2, 0) is 0 Å². The van der Waals surface area contributed by atoms with Crippen LogP contribution in [0.2, 0.25) is 0 Å². The van der Waals surface area contributed by atoms with Crippen molar-refractivity contribution in [3.05, 3.63) is 60.2 Å². The minimum absolute atomic E-state index is 0.144. The molecule has 0 spiro atoms. The molecule has 2 heteroatoms. The molecule has 3 rings (SSSR count). The van der Waals surface area contributed by atoms with E-state index in [4.69, 9.17) is 0 Å². The molecule has 0 aromatic heterocycles. The molecule has 0 saturated carbocycles. The van der Waals surface area contributed by atoms with Gasteiger partial charge >= 0.3 is 115 Å². The van der Waals surface area contributed by atoms with Crippen LogP contribution in [0, 0.1) is 0 Å². The van der Waals surface area contributed by atoms with E-state index in [2.05, 4.69) is 65.5 Å². The van der Waals surface area contributed by atoms with Gasteiger partial charge in [0, 0.05) is 0 Å². The zero-order valence-electron chi connectivity index (χ0n) is 9.25. The summed E-state index contributed by atoms with van der Waals surface area (Å²) in [5.41, 5.74) is 1.42. The minimum atomic E-state index is 0.144. The van der Waals surface area contributed by atoms with Crippen molar-refractivity contribution in [1.82, 2.24) is 0 Å². The third-order valence-corrected chi connectivity index (χ3v) is 6.97. The summed E-state index contributed by atoms with van der Waals surface area (Å²) in [7, 11) is 0. The first kappa shape index (κ1) is 11.3. The Hall–Kier alpha value is -0.833. The fourth-order valence-electron chi connectivity index (χ4n) is 1.78. The van der Waals surface area contributed by atoms with E-state index in [-0.39, 0.29) is 31.1 Å². The second-order valence-electron chi connectivity index (χ2n) is 3.83. The molecule has 0 nitrogen and oxygen atoms in total. The van der Waals surface area contributed by atoms with E-state index in [1.807, 2.05) is 0 Å². The molecular formula is C15H11As2. The Morgan fingerprint density at radius 3 is 2.65 bits per heavy atom. The van der Waals surface area contributed by atoms with Crippen LogP contribution in [0.1, 0.15) is 5.56 Å². The molecule has 2 aromatic carbocycles. The molecule has 81 valence electrons. The summed E-state index contributed by atoms with van der Waals surface area (Å²) < 4.78 is 4.56. The average Bonchev–Trinajstić information content (AvgIpc) is 2.40. The summed E-state index contributed by atoms with van der Waals surface area (Å²) in [6, 6.07) is 17.8. The Morgan fingerprint density at radius 1 is 0.882 bits per heavy atom. The van der Waals surface area contributed by atoms with Crippen molar-refractivity contribution in [2.45, 2.75) is 0 Å². The van der Waals surface area contributed by atoms with Gasteiger partial charge in [0.2, 0.25) is 0 Å². The Bertz CT molecular complexity index is 583. The molecule has 0 fully saturated rings. The standard InChI is InChI=1S/C15H11As2/c1-2-6-13(7-3-1)17-14-9-8-12-5-4-10-16-15(12)11-14/h1-11H. The SMILES string of the molecule is C1=Cc2ccc([As]c3ccccc3)cc2[As]=C1. The molecule has 0 N–H and O–H groups in total. The van der Waals surface area contributed by atoms with Crippen LogP contribution in [0.15, 0.2) is 54.6 Å². The molecule has 0 atom stereocenters. The van der Waals surface area contributed by atoms with Gasteiger partial charge in [-0.15, -0.1) is 0 Å². The van der Waals surface area contributed by atoms with Crippen LogP contribution in [0.3, 0.4) is 0 Å². The number of rotatable bonds is 2.